The normalized spacial score (nSPS) is 17.4. The zero-order valence-electron chi connectivity index (χ0n) is 14.1. The first kappa shape index (κ1) is 17.3. The Hall–Kier alpha value is -3.10. The molecule has 1 saturated heterocycles. The SMILES string of the molecule is O=C(NC1CCN(c2ccc(C(F)(F)F)cn2)C1)c1ccc2nc[nH]c2c1. The van der Waals surface area contributed by atoms with E-state index in [1.54, 1.807) is 24.5 Å². The molecule has 1 aromatic carbocycles. The zero-order chi connectivity index (χ0) is 19.0. The van der Waals surface area contributed by atoms with Gasteiger partial charge in [-0.2, -0.15) is 13.2 Å². The average Bonchev–Trinajstić information content (AvgIpc) is 3.29. The van der Waals surface area contributed by atoms with Crippen LogP contribution in [0.5, 0.6) is 0 Å². The highest BCUT2D eigenvalue weighted by Gasteiger charge is 2.31. The summed E-state index contributed by atoms with van der Waals surface area (Å²) in [7, 11) is 0. The topological polar surface area (TPSA) is 73.9 Å². The molecule has 1 amide bonds. The fourth-order valence-electron chi connectivity index (χ4n) is 3.17. The molecule has 0 bridgehead atoms. The number of carbonyl (C=O) groups is 1. The summed E-state index contributed by atoms with van der Waals surface area (Å²) in [4.78, 5) is 25.3. The van der Waals surface area contributed by atoms with Crippen LogP contribution in [0.2, 0.25) is 0 Å². The van der Waals surface area contributed by atoms with Crippen molar-refractivity contribution in [2.45, 2.75) is 18.6 Å². The summed E-state index contributed by atoms with van der Waals surface area (Å²) in [6, 6.07) is 7.50. The summed E-state index contributed by atoms with van der Waals surface area (Å²) >= 11 is 0. The first-order chi connectivity index (χ1) is 12.9. The molecule has 27 heavy (non-hydrogen) atoms. The Bertz CT molecular complexity index is 967. The molecule has 0 spiro atoms. The number of aromatic nitrogens is 3. The van der Waals surface area contributed by atoms with E-state index in [-0.39, 0.29) is 11.9 Å². The molecular formula is C18H16F3N5O. The van der Waals surface area contributed by atoms with Gasteiger partial charge in [0.25, 0.3) is 5.91 Å². The Balaban J connectivity index is 1.39. The summed E-state index contributed by atoms with van der Waals surface area (Å²) in [6.07, 6.45) is -1.30. The molecular weight excluding hydrogens is 359 g/mol. The number of carbonyl (C=O) groups excluding carboxylic acids is 1. The van der Waals surface area contributed by atoms with E-state index in [1.165, 1.54) is 6.07 Å². The zero-order valence-corrected chi connectivity index (χ0v) is 14.1. The highest BCUT2D eigenvalue weighted by Crippen LogP contribution is 2.30. The molecule has 3 heterocycles. The van der Waals surface area contributed by atoms with Gasteiger partial charge in [0.1, 0.15) is 5.82 Å². The van der Waals surface area contributed by atoms with E-state index in [0.29, 0.717) is 30.9 Å². The minimum Gasteiger partial charge on any atom is -0.354 e. The van der Waals surface area contributed by atoms with Crippen LogP contribution in [0.15, 0.2) is 42.9 Å². The van der Waals surface area contributed by atoms with Crippen LogP contribution in [-0.2, 0) is 6.18 Å². The molecule has 0 aliphatic carbocycles. The average molecular weight is 375 g/mol. The molecule has 3 aromatic rings. The quantitative estimate of drug-likeness (QED) is 0.738. The van der Waals surface area contributed by atoms with Crippen LogP contribution in [0.3, 0.4) is 0 Å². The Morgan fingerprint density at radius 3 is 2.81 bits per heavy atom. The van der Waals surface area contributed by atoms with Crippen molar-refractivity contribution in [3.8, 4) is 0 Å². The highest BCUT2D eigenvalue weighted by atomic mass is 19.4. The Labute approximate surface area is 152 Å². The first-order valence-corrected chi connectivity index (χ1v) is 8.42. The lowest BCUT2D eigenvalue weighted by Gasteiger charge is -2.18. The summed E-state index contributed by atoms with van der Waals surface area (Å²) in [5, 5.41) is 2.96. The molecule has 0 saturated carbocycles. The van der Waals surface area contributed by atoms with E-state index in [2.05, 4.69) is 20.3 Å². The second-order valence-corrected chi connectivity index (χ2v) is 6.44. The second kappa shape index (κ2) is 6.57. The van der Waals surface area contributed by atoms with Crippen molar-refractivity contribution in [3.05, 3.63) is 54.0 Å². The standard InChI is InChI=1S/C18H16F3N5O/c19-18(20,21)12-2-4-16(22-8-12)26-6-5-13(9-26)25-17(27)11-1-3-14-15(7-11)24-10-23-14/h1-4,7-8,10,13H,5-6,9H2,(H,23,24)(H,25,27). The minimum absolute atomic E-state index is 0.0981. The molecule has 0 radical (unpaired) electrons. The summed E-state index contributed by atoms with van der Waals surface area (Å²) in [6.45, 7) is 1.11. The summed E-state index contributed by atoms with van der Waals surface area (Å²) in [5.74, 6) is 0.275. The minimum atomic E-state index is -4.40. The Morgan fingerprint density at radius 2 is 2.07 bits per heavy atom. The van der Waals surface area contributed by atoms with Gasteiger partial charge in [0.15, 0.2) is 0 Å². The highest BCUT2D eigenvalue weighted by molar-refractivity contribution is 5.97. The molecule has 2 N–H and O–H groups in total. The van der Waals surface area contributed by atoms with Crippen molar-refractivity contribution in [1.82, 2.24) is 20.3 Å². The number of alkyl halides is 3. The number of nitrogens with one attached hydrogen (secondary N) is 2. The van der Waals surface area contributed by atoms with E-state index < -0.39 is 11.7 Å². The summed E-state index contributed by atoms with van der Waals surface area (Å²) < 4.78 is 37.9. The van der Waals surface area contributed by atoms with Crippen molar-refractivity contribution in [1.29, 1.82) is 0 Å². The lowest BCUT2D eigenvalue weighted by atomic mass is 10.1. The van der Waals surface area contributed by atoms with E-state index in [9.17, 15) is 18.0 Å². The molecule has 1 aliphatic rings. The monoisotopic (exact) mass is 375 g/mol. The number of pyridine rings is 1. The van der Waals surface area contributed by atoms with Gasteiger partial charge in [0.2, 0.25) is 0 Å². The Morgan fingerprint density at radius 1 is 1.22 bits per heavy atom. The Kier molecular flexibility index (Phi) is 4.21. The number of hydrogen-bond donors (Lipinski definition) is 2. The lowest BCUT2D eigenvalue weighted by Crippen LogP contribution is -2.37. The third-order valence-electron chi connectivity index (χ3n) is 4.61. The molecule has 4 rings (SSSR count). The maximum Gasteiger partial charge on any atom is 0.417 e. The number of halogens is 3. The largest absolute Gasteiger partial charge is 0.417 e. The van der Waals surface area contributed by atoms with Gasteiger partial charge in [-0.1, -0.05) is 0 Å². The van der Waals surface area contributed by atoms with Crippen LogP contribution in [0.4, 0.5) is 19.0 Å². The molecule has 1 atom stereocenters. The van der Waals surface area contributed by atoms with Crippen molar-refractivity contribution >= 4 is 22.8 Å². The number of nitrogens with zero attached hydrogens (tertiary/aromatic N) is 3. The number of benzene rings is 1. The lowest BCUT2D eigenvalue weighted by molar-refractivity contribution is -0.137. The molecule has 1 aliphatic heterocycles. The third-order valence-corrected chi connectivity index (χ3v) is 4.61. The number of anilines is 1. The number of fused-ring (bicyclic) bond motifs is 1. The van der Waals surface area contributed by atoms with Crippen LogP contribution < -0.4 is 10.2 Å². The van der Waals surface area contributed by atoms with Crippen molar-refractivity contribution in [2.75, 3.05) is 18.0 Å². The van der Waals surface area contributed by atoms with Gasteiger partial charge in [0.05, 0.1) is 22.9 Å². The predicted molar refractivity (Wildman–Crippen MR) is 93.4 cm³/mol. The van der Waals surface area contributed by atoms with Crippen LogP contribution in [0, 0.1) is 0 Å². The first-order valence-electron chi connectivity index (χ1n) is 8.42. The number of amides is 1. The van der Waals surface area contributed by atoms with Gasteiger partial charge >= 0.3 is 6.18 Å². The van der Waals surface area contributed by atoms with Crippen LogP contribution in [-0.4, -0.2) is 40.0 Å². The van der Waals surface area contributed by atoms with Crippen LogP contribution >= 0.6 is 0 Å². The number of H-pyrrole nitrogens is 1. The third kappa shape index (κ3) is 3.57. The molecule has 1 fully saturated rings. The second-order valence-electron chi connectivity index (χ2n) is 6.44. The fourth-order valence-corrected chi connectivity index (χ4v) is 3.17. The number of rotatable bonds is 3. The smallest absolute Gasteiger partial charge is 0.354 e. The van der Waals surface area contributed by atoms with Gasteiger partial charge in [-0.3, -0.25) is 4.79 Å². The van der Waals surface area contributed by atoms with Crippen LogP contribution in [0.25, 0.3) is 11.0 Å². The number of hydrogen-bond acceptors (Lipinski definition) is 4. The molecule has 1 unspecified atom stereocenters. The number of imidazole rings is 1. The van der Waals surface area contributed by atoms with Gasteiger partial charge in [-0.25, -0.2) is 9.97 Å². The molecule has 9 heteroatoms. The predicted octanol–water partition coefficient (Wildman–Crippen LogP) is 2.99. The van der Waals surface area contributed by atoms with Crippen molar-refractivity contribution in [2.24, 2.45) is 0 Å². The van der Waals surface area contributed by atoms with Crippen LogP contribution in [0.1, 0.15) is 22.3 Å². The molecule has 2 aromatic heterocycles. The van der Waals surface area contributed by atoms with Gasteiger partial charge in [-0.05, 0) is 36.8 Å². The van der Waals surface area contributed by atoms with Gasteiger partial charge in [-0.15, -0.1) is 0 Å². The van der Waals surface area contributed by atoms with E-state index in [0.717, 1.165) is 23.3 Å². The van der Waals surface area contributed by atoms with Gasteiger partial charge in [0, 0.05) is 30.9 Å². The van der Waals surface area contributed by atoms with E-state index in [4.69, 9.17) is 0 Å². The van der Waals surface area contributed by atoms with Crippen molar-refractivity contribution in [3.63, 3.8) is 0 Å². The maximum atomic E-state index is 12.6. The molecule has 140 valence electrons. The molecule has 6 nitrogen and oxygen atoms in total. The fraction of sp³-hybridized carbons (Fsp3) is 0.278. The van der Waals surface area contributed by atoms with E-state index >= 15 is 0 Å². The maximum absolute atomic E-state index is 12.6. The van der Waals surface area contributed by atoms with Gasteiger partial charge < -0.3 is 15.2 Å². The number of aromatic amines is 1. The van der Waals surface area contributed by atoms with E-state index in [1.807, 2.05) is 4.90 Å². The summed E-state index contributed by atoms with van der Waals surface area (Å²) in [5.41, 5.74) is 1.32. The van der Waals surface area contributed by atoms with Crippen molar-refractivity contribution < 1.29 is 18.0 Å².